The van der Waals surface area contributed by atoms with Crippen molar-refractivity contribution in [2.75, 3.05) is 5.73 Å². The van der Waals surface area contributed by atoms with Gasteiger partial charge in [0.15, 0.2) is 5.82 Å². The number of aromatic nitrogens is 1. The monoisotopic (exact) mass is 194 g/mol. The van der Waals surface area contributed by atoms with Gasteiger partial charge in [-0.25, -0.2) is 0 Å². The third kappa shape index (κ3) is 1.41. The van der Waals surface area contributed by atoms with Gasteiger partial charge in [-0.3, -0.25) is 0 Å². The van der Waals surface area contributed by atoms with Crippen LogP contribution in [0.15, 0.2) is 4.52 Å². The summed E-state index contributed by atoms with van der Waals surface area (Å²) in [5.74, 6) is 3.41. The number of nitrogen functional groups attached to an aromatic ring is 1. The predicted molar refractivity (Wildman–Crippen MR) is 56.1 cm³/mol. The molecule has 78 valence electrons. The smallest absolute Gasteiger partial charge is 0.170 e. The van der Waals surface area contributed by atoms with E-state index in [4.69, 9.17) is 10.3 Å². The molecule has 1 saturated carbocycles. The van der Waals surface area contributed by atoms with Crippen molar-refractivity contribution in [2.24, 2.45) is 5.92 Å². The first-order valence-electron chi connectivity index (χ1n) is 5.34. The second-order valence-corrected chi connectivity index (χ2v) is 4.77. The number of anilines is 1. The van der Waals surface area contributed by atoms with Crippen molar-refractivity contribution in [3.63, 3.8) is 0 Å². The Balaban J connectivity index is 2.25. The maximum Gasteiger partial charge on any atom is 0.170 e. The Morgan fingerprint density at radius 3 is 2.57 bits per heavy atom. The fraction of sp³-hybridized carbons (Fsp3) is 0.727. The lowest BCUT2D eigenvalue weighted by Crippen LogP contribution is -2.19. The molecular formula is C11H18N2O. The highest BCUT2D eigenvalue weighted by Gasteiger charge is 2.33. The number of rotatable bonds is 2. The molecule has 1 aromatic rings. The van der Waals surface area contributed by atoms with Crippen molar-refractivity contribution in [3.8, 4) is 0 Å². The summed E-state index contributed by atoms with van der Waals surface area (Å²) in [6.45, 7) is 6.54. The van der Waals surface area contributed by atoms with E-state index < -0.39 is 0 Å². The number of nitrogens with zero attached hydrogens (tertiary/aromatic N) is 1. The van der Waals surface area contributed by atoms with Gasteiger partial charge < -0.3 is 10.3 Å². The molecule has 0 bridgehead atoms. The summed E-state index contributed by atoms with van der Waals surface area (Å²) in [6, 6.07) is 0. The largest absolute Gasteiger partial charge is 0.381 e. The Kier molecular flexibility index (Phi) is 2.25. The van der Waals surface area contributed by atoms with Crippen LogP contribution >= 0.6 is 0 Å². The van der Waals surface area contributed by atoms with Gasteiger partial charge in [0.05, 0.1) is 0 Å². The van der Waals surface area contributed by atoms with E-state index in [0.29, 0.717) is 17.7 Å². The van der Waals surface area contributed by atoms with Gasteiger partial charge in [-0.15, -0.1) is 0 Å². The fourth-order valence-electron chi connectivity index (χ4n) is 2.31. The molecule has 0 aliphatic heterocycles. The van der Waals surface area contributed by atoms with E-state index in [1.165, 1.54) is 12.8 Å². The van der Waals surface area contributed by atoms with E-state index in [-0.39, 0.29) is 0 Å². The molecule has 1 heterocycles. The maximum absolute atomic E-state index is 5.79. The van der Waals surface area contributed by atoms with E-state index in [1.807, 2.05) is 0 Å². The van der Waals surface area contributed by atoms with Gasteiger partial charge in [0.2, 0.25) is 0 Å². The van der Waals surface area contributed by atoms with E-state index >= 15 is 0 Å². The molecule has 0 unspecified atom stereocenters. The van der Waals surface area contributed by atoms with Gasteiger partial charge in [-0.2, -0.15) is 0 Å². The van der Waals surface area contributed by atoms with E-state index in [0.717, 1.165) is 17.2 Å². The summed E-state index contributed by atoms with van der Waals surface area (Å²) in [4.78, 5) is 0. The highest BCUT2D eigenvalue weighted by atomic mass is 16.5. The molecule has 0 atom stereocenters. The third-order valence-corrected chi connectivity index (χ3v) is 3.11. The first-order valence-corrected chi connectivity index (χ1v) is 5.34. The second kappa shape index (κ2) is 3.30. The molecule has 0 saturated heterocycles. The Bertz CT molecular complexity index is 324. The van der Waals surface area contributed by atoms with Gasteiger partial charge in [0, 0.05) is 11.5 Å². The van der Waals surface area contributed by atoms with Crippen LogP contribution < -0.4 is 5.73 Å². The van der Waals surface area contributed by atoms with Crippen LogP contribution in [0.25, 0.3) is 0 Å². The van der Waals surface area contributed by atoms with E-state index in [9.17, 15) is 0 Å². The van der Waals surface area contributed by atoms with Crippen LogP contribution in [0.5, 0.6) is 0 Å². The molecule has 3 nitrogen and oxygen atoms in total. The predicted octanol–water partition coefficient (Wildman–Crippen LogP) is 2.89. The fourth-order valence-corrected chi connectivity index (χ4v) is 2.31. The average Bonchev–Trinajstić information content (AvgIpc) is 2.41. The molecule has 1 fully saturated rings. The molecule has 2 N–H and O–H groups in total. The minimum atomic E-state index is 0.409. The van der Waals surface area contributed by atoms with Gasteiger partial charge >= 0.3 is 0 Å². The summed E-state index contributed by atoms with van der Waals surface area (Å²) in [7, 11) is 0. The first kappa shape index (κ1) is 9.56. The summed E-state index contributed by atoms with van der Waals surface area (Å²) in [5.41, 5.74) is 6.92. The quantitative estimate of drug-likeness (QED) is 0.787. The average molecular weight is 194 g/mol. The molecule has 1 aliphatic rings. The second-order valence-electron chi connectivity index (χ2n) is 4.77. The molecular weight excluding hydrogens is 176 g/mol. The lowest BCUT2D eigenvalue weighted by atomic mass is 9.73. The zero-order valence-corrected chi connectivity index (χ0v) is 9.08. The van der Waals surface area contributed by atoms with Gasteiger partial charge in [-0.05, 0) is 24.7 Å². The maximum atomic E-state index is 5.79. The highest BCUT2D eigenvalue weighted by molar-refractivity contribution is 5.44. The van der Waals surface area contributed by atoms with Crippen LogP contribution in [-0.2, 0) is 0 Å². The van der Waals surface area contributed by atoms with Crippen LogP contribution in [0.4, 0.5) is 5.82 Å². The molecule has 0 amide bonds. The van der Waals surface area contributed by atoms with Crippen molar-refractivity contribution in [2.45, 2.75) is 45.4 Å². The molecule has 0 spiro atoms. The Hall–Kier alpha value is -0.990. The Morgan fingerprint density at radius 1 is 1.43 bits per heavy atom. The van der Waals surface area contributed by atoms with Gasteiger partial charge in [0.25, 0.3) is 0 Å². The van der Waals surface area contributed by atoms with Crippen molar-refractivity contribution in [3.05, 3.63) is 11.3 Å². The molecule has 0 aromatic carbocycles. The van der Waals surface area contributed by atoms with Gasteiger partial charge in [-0.1, -0.05) is 25.9 Å². The van der Waals surface area contributed by atoms with Crippen molar-refractivity contribution >= 4 is 5.82 Å². The molecule has 1 aromatic heterocycles. The standard InChI is InChI=1S/C11H18N2O/c1-6(2)9-10(14-13-11(9)12)8-4-7(3)5-8/h6-8H,4-5H2,1-3H3,(H2,12,13). The highest BCUT2D eigenvalue weighted by Crippen LogP contribution is 2.44. The van der Waals surface area contributed by atoms with Crippen LogP contribution in [0.3, 0.4) is 0 Å². The SMILES string of the molecule is CC1CC(c2onc(N)c2C(C)C)C1. The topological polar surface area (TPSA) is 52.0 Å². The minimum absolute atomic E-state index is 0.409. The van der Waals surface area contributed by atoms with Crippen LogP contribution in [0.2, 0.25) is 0 Å². The minimum Gasteiger partial charge on any atom is -0.381 e. The van der Waals surface area contributed by atoms with Crippen LogP contribution in [0.1, 0.15) is 56.8 Å². The third-order valence-electron chi connectivity index (χ3n) is 3.11. The van der Waals surface area contributed by atoms with Crippen molar-refractivity contribution in [1.82, 2.24) is 5.16 Å². The number of hydrogen-bond acceptors (Lipinski definition) is 3. The van der Waals surface area contributed by atoms with E-state index in [2.05, 4.69) is 25.9 Å². The zero-order valence-electron chi connectivity index (χ0n) is 9.08. The first-order chi connectivity index (χ1) is 6.59. The Labute approximate surface area is 84.7 Å². The van der Waals surface area contributed by atoms with Crippen LogP contribution in [-0.4, -0.2) is 5.16 Å². The number of nitrogens with two attached hydrogens (primary N) is 1. The molecule has 14 heavy (non-hydrogen) atoms. The van der Waals surface area contributed by atoms with Crippen molar-refractivity contribution in [1.29, 1.82) is 0 Å². The Morgan fingerprint density at radius 2 is 2.07 bits per heavy atom. The normalized spacial score (nSPS) is 26.6. The molecule has 0 radical (unpaired) electrons. The molecule has 3 heteroatoms. The van der Waals surface area contributed by atoms with E-state index in [1.54, 1.807) is 0 Å². The lowest BCUT2D eigenvalue weighted by molar-refractivity contribution is 0.232. The van der Waals surface area contributed by atoms with Crippen molar-refractivity contribution < 1.29 is 4.52 Å². The van der Waals surface area contributed by atoms with Gasteiger partial charge in [0.1, 0.15) is 5.76 Å². The number of hydrogen-bond donors (Lipinski definition) is 1. The zero-order chi connectivity index (χ0) is 10.3. The van der Waals surface area contributed by atoms with Crippen LogP contribution in [0, 0.1) is 5.92 Å². The summed E-state index contributed by atoms with van der Waals surface area (Å²) in [6.07, 6.45) is 2.43. The summed E-state index contributed by atoms with van der Waals surface area (Å²) >= 11 is 0. The molecule has 1 aliphatic carbocycles. The molecule has 2 rings (SSSR count). The summed E-state index contributed by atoms with van der Waals surface area (Å²) < 4.78 is 5.33. The summed E-state index contributed by atoms with van der Waals surface area (Å²) in [5, 5.41) is 3.87. The lowest BCUT2D eigenvalue weighted by Gasteiger charge is -2.31.